The first-order valence-electron chi connectivity index (χ1n) is 5.44. The molecule has 1 aliphatic carbocycles. The number of nitrogens with zero attached hydrogens (tertiary/aromatic N) is 2. The number of rotatable bonds is 6. The van der Waals surface area contributed by atoms with Crippen molar-refractivity contribution < 1.29 is 9.84 Å². The minimum Gasteiger partial charge on any atom is -0.394 e. The lowest BCUT2D eigenvalue weighted by molar-refractivity contribution is 0.178. The van der Waals surface area contributed by atoms with Crippen LogP contribution in [0, 0.1) is 0 Å². The summed E-state index contributed by atoms with van der Waals surface area (Å²) < 4.78 is 4.98. The molecule has 0 unspecified atom stereocenters. The van der Waals surface area contributed by atoms with Crippen molar-refractivity contribution in [3.63, 3.8) is 0 Å². The van der Waals surface area contributed by atoms with Gasteiger partial charge >= 0.3 is 0 Å². The number of hydrogen-bond acceptors (Lipinski definition) is 7. The van der Waals surface area contributed by atoms with Crippen LogP contribution in [-0.4, -0.2) is 34.3 Å². The molecule has 1 aliphatic rings. The van der Waals surface area contributed by atoms with Crippen LogP contribution in [0.15, 0.2) is 6.07 Å². The molecule has 0 aliphatic heterocycles. The third-order valence-electron chi connectivity index (χ3n) is 2.74. The van der Waals surface area contributed by atoms with E-state index in [9.17, 15) is 5.11 Å². The summed E-state index contributed by atoms with van der Waals surface area (Å²) in [6, 6.07) is 1.70. The van der Waals surface area contributed by atoms with Crippen LogP contribution in [0.4, 0.5) is 11.6 Å². The van der Waals surface area contributed by atoms with Crippen LogP contribution in [0.25, 0.3) is 0 Å². The van der Waals surface area contributed by atoms with Crippen LogP contribution >= 0.6 is 0 Å². The average Bonchev–Trinajstić information content (AvgIpc) is 3.09. The summed E-state index contributed by atoms with van der Waals surface area (Å²) in [7, 11) is 1.58. The van der Waals surface area contributed by atoms with Crippen molar-refractivity contribution in [2.24, 2.45) is 5.84 Å². The summed E-state index contributed by atoms with van der Waals surface area (Å²) in [5, 5.41) is 12.4. The van der Waals surface area contributed by atoms with Gasteiger partial charge in [0.05, 0.1) is 12.1 Å². The fourth-order valence-electron chi connectivity index (χ4n) is 1.57. The molecule has 7 nitrogen and oxygen atoms in total. The second-order valence-corrected chi connectivity index (χ2v) is 4.20. The zero-order valence-corrected chi connectivity index (χ0v) is 9.73. The van der Waals surface area contributed by atoms with Crippen LogP contribution in [0.2, 0.25) is 0 Å². The lowest BCUT2D eigenvalue weighted by Crippen LogP contribution is -2.26. The smallest absolute Gasteiger partial charge is 0.158 e. The predicted octanol–water partition coefficient (Wildman–Crippen LogP) is -0.155. The van der Waals surface area contributed by atoms with E-state index in [1.807, 2.05) is 0 Å². The number of anilines is 2. The molecule has 0 atom stereocenters. The second kappa shape index (κ2) is 4.82. The van der Waals surface area contributed by atoms with Crippen molar-refractivity contribution in [3.05, 3.63) is 11.9 Å². The van der Waals surface area contributed by atoms with Crippen LogP contribution in [0.1, 0.15) is 18.7 Å². The van der Waals surface area contributed by atoms with Gasteiger partial charge in [0.1, 0.15) is 18.2 Å². The molecule has 17 heavy (non-hydrogen) atoms. The highest BCUT2D eigenvalue weighted by Crippen LogP contribution is 2.38. The number of aliphatic hydroxyl groups is 1. The number of nitrogens with one attached hydrogen (secondary N) is 2. The summed E-state index contributed by atoms with van der Waals surface area (Å²) >= 11 is 0. The molecule has 94 valence electrons. The number of nitrogens with two attached hydrogens (primary N) is 1. The fraction of sp³-hybridized carbons (Fsp3) is 0.600. The average molecular weight is 239 g/mol. The predicted molar refractivity (Wildman–Crippen MR) is 63.2 cm³/mol. The zero-order valence-electron chi connectivity index (χ0n) is 9.73. The molecule has 0 saturated heterocycles. The molecule has 1 fully saturated rings. The largest absolute Gasteiger partial charge is 0.394 e. The normalized spacial score (nSPS) is 16.6. The van der Waals surface area contributed by atoms with E-state index in [0.29, 0.717) is 24.1 Å². The van der Waals surface area contributed by atoms with Crippen LogP contribution in [0.3, 0.4) is 0 Å². The molecule has 0 bridgehead atoms. The van der Waals surface area contributed by atoms with Crippen molar-refractivity contribution in [1.82, 2.24) is 9.97 Å². The van der Waals surface area contributed by atoms with Gasteiger partial charge in [-0.05, 0) is 12.8 Å². The Balaban J connectivity index is 2.17. The summed E-state index contributed by atoms with van der Waals surface area (Å²) in [4.78, 5) is 8.43. The van der Waals surface area contributed by atoms with E-state index in [-0.39, 0.29) is 12.1 Å². The van der Waals surface area contributed by atoms with Gasteiger partial charge in [0, 0.05) is 13.2 Å². The topological polar surface area (TPSA) is 105 Å². The van der Waals surface area contributed by atoms with Crippen molar-refractivity contribution in [2.75, 3.05) is 24.5 Å². The van der Waals surface area contributed by atoms with Crippen molar-refractivity contribution in [1.29, 1.82) is 0 Å². The Morgan fingerprint density at radius 1 is 1.47 bits per heavy atom. The molecule has 2 rings (SSSR count). The van der Waals surface area contributed by atoms with Gasteiger partial charge in [0.2, 0.25) is 0 Å². The van der Waals surface area contributed by atoms with E-state index in [2.05, 4.69) is 20.7 Å². The van der Waals surface area contributed by atoms with E-state index >= 15 is 0 Å². The van der Waals surface area contributed by atoms with Crippen LogP contribution < -0.4 is 16.6 Å². The molecule has 7 heteroatoms. The van der Waals surface area contributed by atoms with Gasteiger partial charge in [0.25, 0.3) is 0 Å². The van der Waals surface area contributed by atoms with E-state index in [1.165, 1.54) is 0 Å². The minimum atomic E-state index is -0.218. The molecule has 1 heterocycles. The van der Waals surface area contributed by atoms with Crippen molar-refractivity contribution in [3.8, 4) is 0 Å². The number of hydrazine groups is 1. The molecular formula is C10H17N5O2. The van der Waals surface area contributed by atoms with Crippen LogP contribution in [-0.2, 0) is 11.3 Å². The highest BCUT2D eigenvalue weighted by molar-refractivity contribution is 5.49. The van der Waals surface area contributed by atoms with Gasteiger partial charge in [0.15, 0.2) is 5.82 Å². The molecule has 0 radical (unpaired) electrons. The Morgan fingerprint density at radius 2 is 2.18 bits per heavy atom. The van der Waals surface area contributed by atoms with Crippen LogP contribution in [0.5, 0.6) is 0 Å². The quantitative estimate of drug-likeness (QED) is 0.404. The number of aliphatic hydroxyl groups excluding tert-OH is 1. The lowest BCUT2D eigenvalue weighted by atomic mass is 10.3. The Bertz CT molecular complexity index is 394. The highest BCUT2D eigenvalue weighted by Gasteiger charge is 2.42. The second-order valence-electron chi connectivity index (χ2n) is 4.20. The Kier molecular flexibility index (Phi) is 3.41. The number of aromatic nitrogens is 2. The van der Waals surface area contributed by atoms with E-state index in [4.69, 9.17) is 10.6 Å². The molecular weight excluding hydrogens is 222 g/mol. The number of hydrogen-bond donors (Lipinski definition) is 4. The Morgan fingerprint density at radius 3 is 2.71 bits per heavy atom. The van der Waals surface area contributed by atoms with Gasteiger partial charge in [-0.25, -0.2) is 15.8 Å². The van der Waals surface area contributed by atoms with Gasteiger partial charge in [-0.1, -0.05) is 0 Å². The maximum atomic E-state index is 9.25. The van der Waals surface area contributed by atoms with E-state index in [1.54, 1.807) is 13.2 Å². The Labute approximate surface area is 99.4 Å². The summed E-state index contributed by atoms with van der Waals surface area (Å²) in [5.74, 6) is 7.04. The van der Waals surface area contributed by atoms with Gasteiger partial charge in [-0.15, -0.1) is 0 Å². The number of methoxy groups -OCH3 is 1. The lowest BCUT2D eigenvalue weighted by Gasteiger charge is -2.16. The molecule has 0 spiro atoms. The molecule has 0 amide bonds. The van der Waals surface area contributed by atoms with Gasteiger partial charge in [-0.3, -0.25) is 0 Å². The summed E-state index contributed by atoms with van der Waals surface area (Å²) in [6.07, 6.45) is 1.89. The van der Waals surface area contributed by atoms with Crippen molar-refractivity contribution in [2.45, 2.75) is 25.0 Å². The maximum absolute atomic E-state index is 9.25. The third-order valence-corrected chi connectivity index (χ3v) is 2.74. The number of nitrogen functional groups attached to an aromatic ring is 1. The van der Waals surface area contributed by atoms with Gasteiger partial charge in [-0.2, -0.15) is 0 Å². The minimum absolute atomic E-state index is 0.0992. The monoisotopic (exact) mass is 239 g/mol. The fourth-order valence-corrected chi connectivity index (χ4v) is 1.57. The first-order chi connectivity index (χ1) is 8.21. The standard InChI is InChI=1S/C10H17N5O2/c1-17-5-9-12-7(4-8(13-9)15-11)14-10(6-16)2-3-10/h4,16H,2-3,5-6,11H2,1H3,(H2,12,13,14,15). The number of ether oxygens (including phenoxy) is 1. The molecule has 1 aromatic heterocycles. The van der Waals surface area contributed by atoms with Crippen molar-refractivity contribution >= 4 is 11.6 Å². The maximum Gasteiger partial charge on any atom is 0.158 e. The molecule has 1 aromatic rings. The van der Waals surface area contributed by atoms with Gasteiger partial charge < -0.3 is 20.6 Å². The zero-order chi connectivity index (χ0) is 12.3. The van der Waals surface area contributed by atoms with E-state index < -0.39 is 0 Å². The molecule has 5 N–H and O–H groups in total. The Hall–Kier alpha value is -1.44. The molecule has 1 saturated carbocycles. The molecule has 0 aromatic carbocycles. The summed E-state index contributed by atoms with van der Waals surface area (Å²) in [5.41, 5.74) is 2.26. The summed E-state index contributed by atoms with van der Waals surface area (Å²) in [6.45, 7) is 0.415. The van der Waals surface area contributed by atoms with E-state index in [0.717, 1.165) is 12.8 Å². The SMILES string of the molecule is COCc1nc(NN)cc(NC2(CO)CC2)n1. The first-order valence-corrected chi connectivity index (χ1v) is 5.44. The highest BCUT2D eigenvalue weighted by atomic mass is 16.5. The third kappa shape index (κ3) is 2.82. The first kappa shape index (κ1) is 12.0.